The Labute approximate surface area is 159 Å². The first-order valence-electron chi connectivity index (χ1n) is 9.36. The van der Waals surface area contributed by atoms with Crippen LogP contribution in [0.1, 0.15) is 34.5 Å². The Bertz CT molecular complexity index is 880. The van der Waals surface area contributed by atoms with E-state index in [4.69, 9.17) is 0 Å². The highest BCUT2D eigenvalue weighted by molar-refractivity contribution is 5.96. The molecule has 2 aromatic carbocycles. The minimum atomic E-state index is 0.00286. The smallest absolute Gasteiger partial charge is 0.254 e. The van der Waals surface area contributed by atoms with E-state index < -0.39 is 0 Å². The lowest BCUT2D eigenvalue weighted by atomic mass is 9.89. The molecule has 5 nitrogen and oxygen atoms in total. The average Bonchev–Trinajstić information content (AvgIpc) is 3.19. The highest BCUT2D eigenvalue weighted by Gasteiger charge is 2.49. The summed E-state index contributed by atoms with van der Waals surface area (Å²) in [6.07, 6.45) is 0. The summed E-state index contributed by atoms with van der Waals surface area (Å²) in [4.78, 5) is 29.1. The van der Waals surface area contributed by atoms with Gasteiger partial charge in [0, 0.05) is 44.0 Å². The Hall–Kier alpha value is -2.82. The Balaban J connectivity index is 1.59. The van der Waals surface area contributed by atoms with Crippen molar-refractivity contribution in [3.63, 3.8) is 0 Å². The number of rotatable bonds is 2. The van der Waals surface area contributed by atoms with Crippen molar-refractivity contribution in [1.29, 1.82) is 0 Å². The second kappa shape index (κ2) is 6.72. The fraction of sp³-hybridized carbons (Fsp3) is 0.364. The summed E-state index contributed by atoms with van der Waals surface area (Å²) < 4.78 is 0. The van der Waals surface area contributed by atoms with E-state index in [0.29, 0.717) is 31.1 Å². The third kappa shape index (κ3) is 3.07. The molecule has 2 aliphatic heterocycles. The van der Waals surface area contributed by atoms with Crippen LogP contribution in [0.3, 0.4) is 0 Å². The van der Waals surface area contributed by atoms with Crippen molar-refractivity contribution in [3.05, 3.63) is 65.2 Å². The van der Waals surface area contributed by atoms with Gasteiger partial charge in [0.05, 0.1) is 6.04 Å². The number of likely N-dealkylation sites (tertiary alicyclic amines) is 2. The van der Waals surface area contributed by atoms with E-state index in [9.17, 15) is 14.7 Å². The molecule has 0 saturated carbocycles. The number of aryl methyl sites for hydroxylation is 1. The quantitative estimate of drug-likeness (QED) is 0.891. The molecular weight excluding hydrogens is 340 g/mol. The van der Waals surface area contributed by atoms with Crippen molar-refractivity contribution in [2.24, 2.45) is 11.8 Å². The Kier molecular flexibility index (Phi) is 4.38. The zero-order valence-corrected chi connectivity index (χ0v) is 15.6. The van der Waals surface area contributed by atoms with Crippen molar-refractivity contribution in [3.8, 4) is 5.75 Å². The SMILES string of the molecule is CC(=O)N1C[C@H]2CN(C(=O)c3ccc(O)cc3C)C[C@H]2[C@@H]1c1ccccc1. The molecule has 27 heavy (non-hydrogen) atoms. The predicted octanol–water partition coefficient (Wildman–Crippen LogP) is 2.99. The van der Waals surface area contributed by atoms with Crippen LogP contribution < -0.4 is 0 Å². The number of aromatic hydroxyl groups is 1. The molecule has 140 valence electrons. The minimum absolute atomic E-state index is 0.00286. The number of hydrogen-bond donors (Lipinski definition) is 1. The van der Waals surface area contributed by atoms with Crippen LogP contribution in [0.4, 0.5) is 0 Å². The summed E-state index contributed by atoms with van der Waals surface area (Å²) in [5.41, 5.74) is 2.55. The van der Waals surface area contributed by atoms with Crippen molar-refractivity contribution < 1.29 is 14.7 Å². The lowest BCUT2D eigenvalue weighted by Gasteiger charge is -2.29. The molecule has 1 N–H and O–H groups in total. The van der Waals surface area contributed by atoms with Gasteiger partial charge in [-0.15, -0.1) is 0 Å². The molecule has 0 spiro atoms. The summed E-state index contributed by atoms with van der Waals surface area (Å²) >= 11 is 0. The van der Waals surface area contributed by atoms with Gasteiger partial charge in [-0.2, -0.15) is 0 Å². The van der Waals surface area contributed by atoms with Gasteiger partial charge in [-0.25, -0.2) is 0 Å². The second-order valence-electron chi connectivity index (χ2n) is 7.66. The average molecular weight is 364 g/mol. The monoisotopic (exact) mass is 364 g/mol. The number of carbonyl (C=O) groups is 2. The first-order chi connectivity index (χ1) is 13.0. The Morgan fingerprint density at radius 3 is 2.44 bits per heavy atom. The number of benzene rings is 2. The van der Waals surface area contributed by atoms with Crippen molar-refractivity contribution >= 4 is 11.8 Å². The van der Waals surface area contributed by atoms with Gasteiger partial charge in [-0.1, -0.05) is 30.3 Å². The van der Waals surface area contributed by atoms with Gasteiger partial charge in [-0.05, 0) is 36.2 Å². The zero-order valence-electron chi connectivity index (χ0n) is 15.6. The fourth-order valence-corrected chi connectivity index (χ4v) is 4.67. The third-order valence-corrected chi connectivity index (χ3v) is 5.94. The highest BCUT2D eigenvalue weighted by Crippen LogP contribution is 2.45. The molecule has 3 atom stereocenters. The van der Waals surface area contributed by atoms with Crippen LogP contribution >= 0.6 is 0 Å². The van der Waals surface area contributed by atoms with Crippen LogP contribution in [0, 0.1) is 18.8 Å². The number of amides is 2. The van der Waals surface area contributed by atoms with Gasteiger partial charge >= 0.3 is 0 Å². The molecular formula is C22H24N2O3. The molecule has 0 unspecified atom stereocenters. The van der Waals surface area contributed by atoms with Crippen LogP contribution in [0.5, 0.6) is 5.75 Å². The van der Waals surface area contributed by atoms with E-state index in [0.717, 1.165) is 11.1 Å². The minimum Gasteiger partial charge on any atom is -0.508 e. The van der Waals surface area contributed by atoms with E-state index in [-0.39, 0.29) is 29.5 Å². The van der Waals surface area contributed by atoms with E-state index in [1.807, 2.05) is 34.9 Å². The number of carbonyl (C=O) groups excluding carboxylic acids is 2. The van der Waals surface area contributed by atoms with Crippen LogP contribution in [-0.4, -0.2) is 46.4 Å². The van der Waals surface area contributed by atoms with Crippen LogP contribution in [0.15, 0.2) is 48.5 Å². The molecule has 2 heterocycles. The van der Waals surface area contributed by atoms with E-state index in [2.05, 4.69) is 12.1 Å². The molecule has 2 aliphatic rings. The zero-order chi connectivity index (χ0) is 19.1. The molecule has 0 radical (unpaired) electrons. The van der Waals surface area contributed by atoms with Crippen LogP contribution in [-0.2, 0) is 4.79 Å². The maximum atomic E-state index is 13.0. The molecule has 2 amide bonds. The maximum absolute atomic E-state index is 13.0. The fourth-order valence-electron chi connectivity index (χ4n) is 4.67. The topological polar surface area (TPSA) is 60.9 Å². The molecule has 2 saturated heterocycles. The van der Waals surface area contributed by atoms with Crippen LogP contribution in [0.2, 0.25) is 0 Å². The summed E-state index contributed by atoms with van der Waals surface area (Å²) in [5.74, 6) is 0.801. The highest BCUT2D eigenvalue weighted by atomic mass is 16.3. The van der Waals surface area contributed by atoms with Crippen LogP contribution in [0.25, 0.3) is 0 Å². The standard InChI is InChI=1S/C22H24N2O3/c1-14-10-18(26)8-9-19(14)22(27)23-11-17-12-24(15(2)25)21(20(17)13-23)16-6-4-3-5-7-16/h3-10,17,20-21,26H,11-13H2,1-2H3/t17-,20-,21+/m1/s1. The largest absolute Gasteiger partial charge is 0.508 e. The van der Waals surface area contributed by atoms with Gasteiger partial charge in [0.1, 0.15) is 5.75 Å². The second-order valence-corrected chi connectivity index (χ2v) is 7.66. The summed E-state index contributed by atoms with van der Waals surface area (Å²) in [6, 6.07) is 15.0. The van der Waals surface area contributed by atoms with Crippen molar-refractivity contribution in [2.45, 2.75) is 19.9 Å². The molecule has 0 aromatic heterocycles. The Morgan fingerprint density at radius 2 is 1.78 bits per heavy atom. The first-order valence-corrected chi connectivity index (χ1v) is 9.36. The Morgan fingerprint density at radius 1 is 1.04 bits per heavy atom. The normalized spacial score (nSPS) is 24.1. The van der Waals surface area contributed by atoms with Crippen molar-refractivity contribution in [2.75, 3.05) is 19.6 Å². The van der Waals surface area contributed by atoms with Gasteiger partial charge in [0.15, 0.2) is 0 Å². The number of fused-ring (bicyclic) bond motifs is 1. The van der Waals surface area contributed by atoms with Gasteiger partial charge in [-0.3, -0.25) is 9.59 Å². The molecule has 4 rings (SSSR count). The molecule has 2 fully saturated rings. The summed E-state index contributed by atoms with van der Waals surface area (Å²) in [7, 11) is 0. The van der Waals surface area contributed by atoms with Gasteiger partial charge in [0.2, 0.25) is 5.91 Å². The molecule has 2 aromatic rings. The number of phenols is 1. The number of nitrogens with zero attached hydrogens (tertiary/aromatic N) is 2. The summed E-state index contributed by atoms with van der Waals surface area (Å²) in [6.45, 7) is 5.47. The predicted molar refractivity (Wildman–Crippen MR) is 102 cm³/mol. The molecule has 5 heteroatoms. The lowest BCUT2D eigenvalue weighted by molar-refractivity contribution is -0.130. The van der Waals surface area contributed by atoms with Gasteiger partial charge in [0.25, 0.3) is 5.91 Å². The van der Waals surface area contributed by atoms with Crippen molar-refractivity contribution in [1.82, 2.24) is 9.80 Å². The number of phenolic OH excluding ortho intramolecular Hbond substituents is 1. The molecule has 0 bridgehead atoms. The number of hydrogen-bond acceptors (Lipinski definition) is 3. The molecule has 0 aliphatic carbocycles. The first kappa shape index (κ1) is 17.6. The van der Waals surface area contributed by atoms with E-state index in [1.165, 1.54) is 0 Å². The summed E-state index contributed by atoms with van der Waals surface area (Å²) in [5, 5.41) is 9.60. The van der Waals surface area contributed by atoms with E-state index >= 15 is 0 Å². The van der Waals surface area contributed by atoms with E-state index in [1.54, 1.807) is 25.1 Å². The maximum Gasteiger partial charge on any atom is 0.254 e. The third-order valence-electron chi connectivity index (χ3n) is 5.94. The van der Waals surface area contributed by atoms with Gasteiger partial charge < -0.3 is 14.9 Å². The lowest BCUT2D eigenvalue weighted by Crippen LogP contribution is -2.36.